The van der Waals surface area contributed by atoms with E-state index in [0.29, 0.717) is 16.8 Å². The van der Waals surface area contributed by atoms with Crippen LogP contribution in [0.2, 0.25) is 0 Å². The van der Waals surface area contributed by atoms with Gasteiger partial charge < -0.3 is 0 Å². The molecule has 3 rings (SSSR count). The van der Waals surface area contributed by atoms with Crippen molar-refractivity contribution in [3.63, 3.8) is 0 Å². The van der Waals surface area contributed by atoms with Crippen LogP contribution in [0.4, 0.5) is 10.1 Å². The summed E-state index contributed by atoms with van der Waals surface area (Å²) in [4.78, 5) is 11.8. The summed E-state index contributed by atoms with van der Waals surface area (Å²) in [5.74, 6) is -0.444. The minimum absolute atomic E-state index is 0.0545. The molecule has 0 spiro atoms. The molecule has 2 aromatic carbocycles. The number of anilines is 1. The van der Waals surface area contributed by atoms with E-state index in [1.807, 2.05) is 6.92 Å². The normalized spacial score (nSPS) is 11.7. The highest BCUT2D eigenvalue weighted by Gasteiger charge is 2.16. The van der Waals surface area contributed by atoms with Crippen LogP contribution in [0, 0.1) is 5.82 Å². The molecule has 120 valence electrons. The van der Waals surface area contributed by atoms with Gasteiger partial charge in [0.05, 0.1) is 15.1 Å². The van der Waals surface area contributed by atoms with E-state index in [1.165, 1.54) is 36.4 Å². The number of thiazole rings is 1. The quantitative estimate of drug-likeness (QED) is 0.785. The average Bonchev–Trinajstić information content (AvgIpc) is 2.83. The number of hydrogen-bond acceptors (Lipinski definition) is 4. The van der Waals surface area contributed by atoms with Crippen molar-refractivity contribution in [2.75, 3.05) is 4.72 Å². The highest BCUT2D eigenvalue weighted by Crippen LogP contribution is 2.23. The molecule has 0 aliphatic rings. The van der Waals surface area contributed by atoms with Crippen molar-refractivity contribution < 1.29 is 12.8 Å². The second kappa shape index (κ2) is 5.78. The van der Waals surface area contributed by atoms with Crippen molar-refractivity contribution in [2.24, 2.45) is 0 Å². The molecule has 0 saturated carbocycles. The van der Waals surface area contributed by atoms with Gasteiger partial charge in [-0.25, -0.2) is 12.8 Å². The summed E-state index contributed by atoms with van der Waals surface area (Å²) in [7, 11) is -3.81. The number of nitrogens with zero attached hydrogens (tertiary/aromatic N) is 1. The monoisotopic (exact) mass is 352 g/mol. The van der Waals surface area contributed by atoms with Gasteiger partial charge in [-0.1, -0.05) is 11.3 Å². The molecule has 1 N–H and O–H groups in total. The maximum Gasteiger partial charge on any atom is 0.308 e. The van der Waals surface area contributed by atoms with Crippen LogP contribution >= 0.6 is 11.3 Å². The Hall–Kier alpha value is -2.19. The van der Waals surface area contributed by atoms with E-state index in [1.54, 1.807) is 10.6 Å². The van der Waals surface area contributed by atoms with Crippen molar-refractivity contribution in [3.8, 4) is 0 Å². The number of fused-ring (bicyclic) bond motifs is 1. The van der Waals surface area contributed by atoms with Crippen LogP contribution < -0.4 is 9.60 Å². The lowest BCUT2D eigenvalue weighted by Gasteiger charge is -2.08. The Bertz CT molecular complexity index is 1020. The molecule has 0 unspecified atom stereocenters. The van der Waals surface area contributed by atoms with Crippen molar-refractivity contribution in [1.82, 2.24) is 4.57 Å². The van der Waals surface area contributed by atoms with E-state index in [4.69, 9.17) is 0 Å². The summed E-state index contributed by atoms with van der Waals surface area (Å²) < 4.78 is 42.3. The summed E-state index contributed by atoms with van der Waals surface area (Å²) in [5, 5.41) is 0. The lowest BCUT2D eigenvalue weighted by atomic mass is 10.3. The molecule has 0 aliphatic carbocycles. The number of aromatic nitrogens is 1. The number of benzene rings is 2. The summed E-state index contributed by atoms with van der Waals surface area (Å²) >= 11 is 1.01. The van der Waals surface area contributed by atoms with E-state index in [0.717, 1.165) is 11.3 Å². The van der Waals surface area contributed by atoms with Crippen molar-refractivity contribution in [2.45, 2.75) is 18.4 Å². The molecule has 0 radical (unpaired) electrons. The zero-order valence-corrected chi connectivity index (χ0v) is 13.7. The Morgan fingerprint density at radius 2 is 1.87 bits per heavy atom. The molecule has 0 saturated heterocycles. The minimum atomic E-state index is -3.81. The number of rotatable bonds is 4. The lowest BCUT2D eigenvalue weighted by Crippen LogP contribution is -2.13. The van der Waals surface area contributed by atoms with Gasteiger partial charge in [0.2, 0.25) is 0 Å². The predicted octanol–water partition coefficient (Wildman–Crippen LogP) is 3.02. The van der Waals surface area contributed by atoms with Gasteiger partial charge >= 0.3 is 4.87 Å². The van der Waals surface area contributed by atoms with Crippen LogP contribution in [-0.2, 0) is 16.6 Å². The molecule has 5 nitrogen and oxygen atoms in total. The average molecular weight is 352 g/mol. The van der Waals surface area contributed by atoms with Gasteiger partial charge in [0.1, 0.15) is 5.82 Å². The SMILES string of the molecule is CCn1c(=O)sc2cc(S(=O)(=O)Nc3ccc(F)cc3)ccc21. The highest BCUT2D eigenvalue weighted by atomic mass is 32.2. The van der Waals surface area contributed by atoms with Gasteiger partial charge in [0.25, 0.3) is 10.0 Å². The van der Waals surface area contributed by atoms with Gasteiger partial charge in [-0.15, -0.1) is 0 Å². The molecule has 23 heavy (non-hydrogen) atoms. The van der Waals surface area contributed by atoms with Crippen molar-refractivity contribution in [3.05, 3.63) is 57.9 Å². The standard InChI is InChI=1S/C15H13FN2O3S2/c1-2-18-13-8-7-12(9-14(13)22-15(18)19)23(20,21)17-11-5-3-10(16)4-6-11/h3-9,17H,2H2,1H3. The molecule has 0 atom stereocenters. The number of aryl methyl sites for hydroxylation is 1. The molecule has 3 aromatic rings. The van der Waals surface area contributed by atoms with Gasteiger partial charge in [0.15, 0.2) is 0 Å². The van der Waals surface area contributed by atoms with E-state index in [-0.39, 0.29) is 15.5 Å². The molecular formula is C15H13FN2O3S2. The first-order valence-corrected chi connectivity index (χ1v) is 9.12. The molecule has 1 heterocycles. The Labute approximate surface area is 136 Å². The summed E-state index contributed by atoms with van der Waals surface area (Å²) in [6.07, 6.45) is 0. The van der Waals surface area contributed by atoms with Crippen LogP contribution in [-0.4, -0.2) is 13.0 Å². The van der Waals surface area contributed by atoms with Crippen molar-refractivity contribution in [1.29, 1.82) is 0 Å². The Kier molecular flexibility index (Phi) is 3.95. The first-order valence-electron chi connectivity index (χ1n) is 6.82. The largest absolute Gasteiger partial charge is 0.308 e. The van der Waals surface area contributed by atoms with E-state index in [9.17, 15) is 17.6 Å². The second-order valence-corrected chi connectivity index (χ2v) is 7.53. The predicted molar refractivity (Wildman–Crippen MR) is 89.0 cm³/mol. The Morgan fingerprint density at radius 1 is 1.17 bits per heavy atom. The Balaban J connectivity index is 2.01. The third-order valence-corrected chi connectivity index (χ3v) is 5.68. The summed E-state index contributed by atoms with van der Waals surface area (Å²) in [5.41, 5.74) is 0.981. The van der Waals surface area contributed by atoms with Gasteiger partial charge in [-0.3, -0.25) is 14.1 Å². The fourth-order valence-corrected chi connectivity index (χ4v) is 4.40. The van der Waals surface area contributed by atoms with E-state index >= 15 is 0 Å². The number of nitrogens with one attached hydrogen (secondary N) is 1. The van der Waals surface area contributed by atoms with Crippen LogP contribution in [0.3, 0.4) is 0 Å². The zero-order chi connectivity index (χ0) is 16.6. The number of hydrogen-bond donors (Lipinski definition) is 1. The van der Waals surface area contributed by atoms with E-state index in [2.05, 4.69) is 4.72 Å². The molecule has 1 aromatic heterocycles. The maximum absolute atomic E-state index is 12.9. The first kappa shape index (κ1) is 15.7. The number of sulfonamides is 1. The molecule has 8 heteroatoms. The fourth-order valence-electron chi connectivity index (χ4n) is 2.25. The molecule has 0 amide bonds. The van der Waals surface area contributed by atoms with Crippen LogP contribution in [0.25, 0.3) is 10.2 Å². The van der Waals surface area contributed by atoms with Crippen LogP contribution in [0.1, 0.15) is 6.92 Å². The fraction of sp³-hybridized carbons (Fsp3) is 0.133. The third-order valence-electron chi connectivity index (χ3n) is 3.36. The smallest absolute Gasteiger partial charge is 0.299 e. The first-order chi connectivity index (χ1) is 10.9. The summed E-state index contributed by atoms with van der Waals surface area (Å²) in [6, 6.07) is 9.58. The van der Waals surface area contributed by atoms with Crippen LogP contribution in [0.15, 0.2) is 52.2 Å². The topological polar surface area (TPSA) is 68.2 Å². The lowest BCUT2D eigenvalue weighted by molar-refractivity contribution is 0.601. The molecule has 0 aliphatic heterocycles. The molecular weight excluding hydrogens is 339 g/mol. The Morgan fingerprint density at radius 3 is 2.52 bits per heavy atom. The van der Waals surface area contributed by atoms with E-state index < -0.39 is 15.8 Å². The maximum atomic E-state index is 12.9. The number of halogens is 1. The third kappa shape index (κ3) is 2.99. The zero-order valence-electron chi connectivity index (χ0n) is 12.1. The minimum Gasteiger partial charge on any atom is -0.299 e. The van der Waals surface area contributed by atoms with Gasteiger partial charge in [-0.05, 0) is 49.4 Å². The summed E-state index contributed by atoms with van der Waals surface area (Å²) in [6.45, 7) is 2.38. The highest BCUT2D eigenvalue weighted by molar-refractivity contribution is 7.92. The molecule has 0 fully saturated rings. The molecule has 0 bridgehead atoms. The van der Waals surface area contributed by atoms with Crippen molar-refractivity contribution >= 4 is 37.3 Å². The van der Waals surface area contributed by atoms with Gasteiger partial charge in [0, 0.05) is 12.2 Å². The van der Waals surface area contributed by atoms with Crippen LogP contribution in [0.5, 0.6) is 0 Å². The second-order valence-electron chi connectivity index (χ2n) is 4.85. The van der Waals surface area contributed by atoms with Gasteiger partial charge in [-0.2, -0.15) is 0 Å².